The molecule has 22 heavy (non-hydrogen) atoms. The topological polar surface area (TPSA) is 49.6 Å². The van der Waals surface area contributed by atoms with Gasteiger partial charge in [0.25, 0.3) is 5.69 Å². The van der Waals surface area contributed by atoms with Crippen LogP contribution in [0.3, 0.4) is 0 Å². The monoisotopic (exact) mass is 337 g/mol. The van der Waals surface area contributed by atoms with Gasteiger partial charge in [-0.3, -0.25) is 10.1 Å². The van der Waals surface area contributed by atoms with Gasteiger partial charge in [0.2, 0.25) is 0 Å². The molecule has 0 aliphatic carbocycles. The highest BCUT2D eigenvalue weighted by molar-refractivity contribution is 6.31. The summed E-state index contributed by atoms with van der Waals surface area (Å²) in [6.45, 7) is 5.29. The summed E-state index contributed by atoms with van der Waals surface area (Å²) in [5.41, 5.74) is -1.61. The van der Waals surface area contributed by atoms with Gasteiger partial charge in [0.15, 0.2) is 0 Å². The van der Waals surface area contributed by atoms with Crippen molar-refractivity contribution in [2.45, 2.75) is 13.1 Å². The molecule has 1 aliphatic heterocycles. The van der Waals surface area contributed by atoms with Crippen molar-refractivity contribution >= 4 is 23.0 Å². The molecule has 0 spiro atoms. The number of likely N-dealkylation sites (N-methyl/N-ethyl adjacent to an activating group) is 1. The maximum absolute atomic E-state index is 12.8. The minimum Gasteiger partial charge on any atom is -0.363 e. The van der Waals surface area contributed by atoms with E-state index in [2.05, 4.69) is 4.90 Å². The first-order valence-corrected chi connectivity index (χ1v) is 7.14. The molecule has 1 fully saturated rings. The zero-order chi connectivity index (χ0) is 16.5. The standard InChI is InChI=1S/C13H15ClF3N3O2/c1-2-18-3-5-19(6-4-18)11-8-10(14)9(13(15,16)17)7-12(11)20(21)22/h7-8H,2-6H2,1H3. The van der Waals surface area contributed by atoms with Crippen LogP contribution in [0.5, 0.6) is 0 Å². The first kappa shape index (κ1) is 16.8. The summed E-state index contributed by atoms with van der Waals surface area (Å²) in [5.74, 6) is 0. The highest BCUT2D eigenvalue weighted by Crippen LogP contribution is 2.41. The molecule has 0 aromatic heterocycles. The van der Waals surface area contributed by atoms with Gasteiger partial charge in [-0.25, -0.2) is 0 Å². The summed E-state index contributed by atoms with van der Waals surface area (Å²) in [6, 6.07) is 1.56. The molecular formula is C13H15ClF3N3O2. The molecule has 1 heterocycles. The number of hydrogen-bond acceptors (Lipinski definition) is 4. The van der Waals surface area contributed by atoms with Crippen LogP contribution < -0.4 is 4.90 Å². The van der Waals surface area contributed by atoms with Crippen molar-refractivity contribution in [3.05, 3.63) is 32.8 Å². The van der Waals surface area contributed by atoms with Gasteiger partial charge in [-0.2, -0.15) is 13.2 Å². The van der Waals surface area contributed by atoms with Crippen LogP contribution in [-0.2, 0) is 6.18 Å². The Morgan fingerprint density at radius 2 is 1.86 bits per heavy atom. The average Bonchev–Trinajstić information content (AvgIpc) is 2.45. The second-order valence-corrected chi connectivity index (χ2v) is 5.40. The normalized spacial score (nSPS) is 16.9. The number of benzene rings is 1. The summed E-state index contributed by atoms with van der Waals surface area (Å²) >= 11 is 5.69. The number of alkyl halides is 3. The van der Waals surface area contributed by atoms with Gasteiger partial charge in [-0.05, 0) is 12.6 Å². The van der Waals surface area contributed by atoms with E-state index >= 15 is 0 Å². The first-order valence-electron chi connectivity index (χ1n) is 6.76. The Kier molecular flexibility index (Phi) is 4.81. The van der Waals surface area contributed by atoms with Crippen LogP contribution >= 0.6 is 11.6 Å². The van der Waals surface area contributed by atoms with Crippen molar-refractivity contribution < 1.29 is 18.1 Å². The minimum absolute atomic E-state index is 0.138. The van der Waals surface area contributed by atoms with Gasteiger partial charge in [0, 0.05) is 32.2 Å². The Labute approximate surface area is 130 Å². The maximum Gasteiger partial charge on any atom is 0.418 e. The Balaban J connectivity index is 2.39. The molecule has 0 saturated carbocycles. The molecular weight excluding hydrogens is 323 g/mol. The fourth-order valence-electron chi connectivity index (χ4n) is 2.47. The highest BCUT2D eigenvalue weighted by atomic mass is 35.5. The minimum atomic E-state index is -4.72. The fourth-order valence-corrected chi connectivity index (χ4v) is 2.74. The fraction of sp³-hybridized carbons (Fsp3) is 0.538. The van der Waals surface area contributed by atoms with Gasteiger partial charge in [0.1, 0.15) is 5.69 Å². The molecule has 2 rings (SSSR count). The van der Waals surface area contributed by atoms with Crippen molar-refractivity contribution in [1.82, 2.24) is 4.90 Å². The zero-order valence-electron chi connectivity index (χ0n) is 11.9. The van der Waals surface area contributed by atoms with E-state index in [0.29, 0.717) is 32.2 Å². The lowest BCUT2D eigenvalue weighted by Crippen LogP contribution is -2.46. The van der Waals surface area contributed by atoms with Gasteiger partial charge in [0.05, 0.1) is 15.5 Å². The second kappa shape index (κ2) is 6.29. The Bertz CT molecular complexity index is 572. The third-order valence-corrected chi connectivity index (χ3v) is 4.04. The summed E-state index contributed by atoms with van der Waals surface area (Å²) in [7, 11) is 0. The van der Waals surface area contributed by atoms with Crippen LogP contribution in [0.25, 0.3) is 0 Å². The van der Waals surface area contributed by atoms with E-state index in [1.807, 2.05) is 6.92 Å². The third-order valence-electron chi connectivity index (χ3n) is 3.73. The Morgan fingerprint density at radius 3 is 2.32 bits per heavy atom. The quantitative estimate of drug-likeness (QED) is 0.626. The summed E-state index contributed by atoms with van der Waals surface area (Å²) in [6.07, 6.45) is -4.72. The molecule has 1 aromatic carbocycles. The van der Waals surface area contributed by atoms with Gasteiger partial charge >= 0.3 is 6.18 Å². The number of anilines is 1. The molecule has 122 valence electrons. The molecule has 5 nitrogen and oxygen atoms in total. The Hall–Kier alpha value is -1.54. The van der Waals surface area contributed by atoms with Gasteiger partial charge in [-0.15, -0.1) is 0 Å². The molecule has 1 aliphatic rings. The van der Waals surface area contributed by atoms with E-state index in [4.69, 9.17) is 11.6 Å². The largest absolute Gasteiger partial charge is 0.418 e. The van der Waals surface area contributed by atoms with E-state index in [-0.39, 0.29) is 5.69 Å². The van der Waals surface area contributed by atoms with E-state index in [9.17, 15) is 23.3 Å². The number of hydrogen-bond donors (Lipinski definition) is 0. The third kappa shape index (κ3) is 3.44. The van der Waals surface area contributed by atoms with Crippen LogP contribution in [-0.4, -0.2) is 42.5 Å². The summed E-state index contributed by atoms with van der Waals surface area (Å²) in [5, 5.41) is 10.6. The lowest BCUT2D eigenvalue weighted by atomic mass is 10.1. The second-order valence-electron chi connectivity index (χ2n) is 5.00. The van der Waals surface area contributed by atoms with Gasteiger partial charge < -0.3 is 9.80 Å². The van der Waals surface area contributed by atoms with Gasteiger partial charge in [-0.1, -0.05) is 18.5 Å². The summed E-state index contributed by atoms with van der Waals surface area (Å²) in [4.78, 5) is 14.2. The Morgan fingerprint density at radius 1 is 1.27 bits per heavy atom. The summed E-state index contributed by atoms with van der Waals surface area (Å²) < 4.78 is 38.5. The van der Waals surface area contributed by atoms with Crippen molar-refractivity contribution in [1.29, 1.82) is 0 Å². The molecule has 0 N–H and O–H groups in total. The lowest BCUT2D eigenvalue weighted by molar-refractivity contribution is -0.384. The molecule has 0 unspecified atom stereocenters. The van der Waals surface area contributed by atoms with E-state index in [1.165, 1.54) is 0 Å². The molecule has 0 bridgehead atoms. The maximum atomic E-state index is 12.8. The first-order chi connectivity index (χ1) is 10.2. The van der Waals surface area contributed by atoms with Crippen LogP contribution in [0, 0.1) is 10.1 Å². The molecule has 9 heteroatoms. The highest BCUT2D eigenvalue weighted by Gasteiger charge is 2.37. The average molecular weight is 338 g/mol. The number of rotatable bonds is 3. The van der Waals surface area contributed by atoms with Crippen LogP contribution in [0.2, 0.25) is 5.02 Å². The zero-order valence-corrected chi connectivity index (χ0v) is 12.6. The SMILES string of the molecule is CCN1CCN(c2cc(Cl)c(C(F)(F)F)cc2[N+](=O)[O-])CC1. The molecule has 0 radical (unpaired) electrons. The smallest absolute Gasteiger partial charge is 0.363 e. The van der Waals surface area contributed by atoms with Crippen LogP contribution in [0.1, 0.15) is 12.5 Å². The predicted octanol–water partition coefficient (Wildman–Crippen LogP) is 3.41. The molecule has 0 atom stereocenters. The molecule has 0 amide bonds. The number of nitro benzene ring substituents is 1. The van der Waals surface area contributed by atoms with Crippen molar-refractivity contribution in [3.63, 3.8) is 0 Å². The number of nitrogens with zero attached hydrogens (tertiary/aromatic N) is 3. The number of piperazine rings is 1. The van der Waals surface area contributed by atoms with E-state index in [0.717, 1.165) is 12.6 Å². The van der Waals surface area contributed by atoms with Crippen LogP contribution in [0.15, 0.2) is 12.1 Å². The van der Waals surface area contributed by atoms with E-state index < -0.39 is 27.4 Å². The number of halogens is 4. The lowest BCUT2D eigenvalue weighted by Gasteiger charge is -2.35. The molecule has 1 saturated heterocycles. The van der Waals surface area contributed by atoms with Crippen LogP contribution in [0.4, 0.5) is 24.5 Å². The van der Waals surface area contributed by atoms with E-state index in [1.54, 1.807) is 4.90 Å². The number of nitro groups is 1. The predicted molar refractivity (Wildman–Crippen MR) is 77.4 cm³/mol. The van der Waals surface area contributed by atoms with Crippen molar-refractivity contribution in [2.75, 3.05) is 37.6 Å². The van der Waals surface area contributed by atoms with Crippen molar-refractivity contribution in [2.24, 2.45) is 0 Å². The molecule has 1 aromatic rings. The van der Waals surface area contributed by atoms with Crippen molar-refractivity contribution in [3.8, 4) is 0 Å².